The highest BCUT2D eigenvalue weighted by molar-refractivity contribution is 5.97. The third-order valence-corrected chi connectivity index (χ3v) is 5.09. The molecular weight excluding hydrogens is 308 g/mol. The van der Waals surface area contributed by atoms with Gasteiger partial charge in [-0.1, -0.05) is 12.8 Å². The minimum absolute atomic E-state index is 0.00524. The lowest BCUT2D eigenvalue weighted by Crippen LogP contribution is -2.44. The maximum absolute atomic E-state index is 12.8. The highest BCUT2D eigenvalue weighted by atomic mass is 16.4. The van der Waals surface area contributed by atoms with E-state index in [-0.39, 0.29) is 11.8 Å². The average molecular weight is 332 g/mol. The SMILES string of the molecule is O=C(O)C(C(=O)N1CCCN(c2cccnn2)CC1)C1CCCC1. The van der Waals surface area contributed by atoms with E-state index in [1.165, 1.54) is 0 Å². The first-order valence-corrected chi connectivity index (χ1v) is 8.71. The van der Waals surface area contributed by atoms with Crippen molar-refractivity contribution >= 4 is 17.7 Å². The predicted molar refractivity (Wildman–Crippen MR) is 88.5 cm³/mol. The largest absolute Gasteiger partial charge is 0.481 e. The molecule has 1 aromatic heterocycles. The molecule has 1 unspecified atom stereocenters. The second-order valence-corrected chi connectivity index (χ2v) is 6.61. The Hall–Kier alpha value is -2.18. The van der Waals surface area contributed by atoms with Crippen molar-refractivity contribution < 1.29 is 14.7 Å². The summed E-state index contributed by atoms with van der Waals surface area (Å²) in [6.45, 7) is 2.59. The van der Waals surface area contributed by atoms with E-state index in [0.717, 1.165) is 44.5 Å². The highest BCUT2D eigenvalue weighted by Crippen LogP contribution is 2.33. The van der Waals surface area contributed by atoms with Crippen LogP contribution in [0.25, 0.3) is 0 Å². The van der Waals surface area contributed by atoms with E-state index in [4.69, 9.17) is 0 Å². The van der Waals surface area contributed by atoms with Crippen molar-refractivity contribution in [2.75, 3.05) is 31.1 Å². The molecule has 1 aromatic rings. The number of anilines is 1. The molecule has 1 N–H and O–H groups in total. The Balaban J connectivity index is 1.66. The summed E-state index contributed by atoms with van der Waals surface area (Å²) in [4.78, 5) is 28.3. The third-order valence-electron chi connectivity index (χ3n) is 5.09. The number of aliphatic carboxylic acids is 1. The summed E-state index contributed by atoms with van der Waals surface area (Å²) in [5.74, 6) is -1.26. The minimum atomic E-state index is -0.970. The number of carbonyl (C=O) groups is 2. The summed E-state index contributed by atoms with van der Waals surface area (Å²) in [5, 5.41) is 17.6. The zero-order valence-corrected chi connectivity index (χ0v) is 13.8. The summed E-state index contributed by atoms with van der Waals surface area (Å²) in [7, 11) is 0. The highest BCUT2D eigenvalue weighted by Gasteiger charge is 2.39. The van der Waals surface area contributed by atoms with Crippen molar-refractivity contribution in [3.8, 4) is 0 Å². The average Bonchev–Trinajstić information content (AvgIpc) is 2.98. The molecule has 1 saturated carbocycles. The second kappa shape index (κ2) is 7.59. The Morgan fingerprint density at radius 3 is 2.58 bits per heavy atom. The zero-order chi connectivity index (χ0) is 16.9. The van der Waals surface area contributed by atoms with Gasteiger partial charge in [0.25, 0.3) is 0 Å². The first-order valence-electron chi connectivity index (χ1n) is 8.71. The van der Waals surface area contributed by atoms with Gasteiger partial charge in [0.2, 0.25) is 5.91 Å². The van der Waals surface area contributed by atoms with Crippen LogP contribution in [0.5, 0.6) is 0 Å². The molecule has 1 saturated heterocycles. The molecule has 0 bridgehead atoms. The summed E-state index contributed by atoms with van der Waals surface area (Å²) in [5.41, 5.74) is 0. The summed E-state index contributed by atoms with van der Waals surface area (Å²) in [6, 6.07) is 3.75. The van der Waals surface area contributed by atoms with Crippen molar-refractivity contribution in [2.24, 2.45) is 11.8 Å². The minimum Gasteiger partial charge on any atom is -0.481 e. The van der Waals surface area contributed by atoms with E-state index in [9.17, 15) is 14.7 Å². The fraction of sp³-hybridized carbons (Fsp3) is 0.647. The second-order valence-electron chi connectivity index (χ2n) is 6.61. The molecule has 130 valence electrons. The van der Waals surface area contributed by atoms with Crippen LogP contribution in [0.4, 0.5) is 5.82 Å². The van der Waals surface area contributed by atoms with Crippen LogP contribution in [0.15, 0.2) is 18.3 Å². The number of amides is 1. The number of hydrogen-bond acceptors (Lipinski definition) is 5. The Morgan fingerprint density at radius 2 is 1.92 bits per heavy atom. The molecule has 1 aliphatic heterocycles. The third kappa shape index (κ3) is 3.66. The van der Waals surface area contributed by atoms with Crippen LogP contribution in [0, 0.1) is 11.8 Å². The van der Waals surface area contributed by atoms with Crippen molar-refractivity contribution in [3.63, 3.8) is 0 Å². The molecule has 1 atom stereocenters. The van der Waals surface area contributed by atoms with Gasteiger partial charge in [0, 0.05) is 32.4 Å². The molecule has 2 fully saturated rings. The van der Waals surface area contributed by atoms with Crippen LogP contribution in [-0.4, -0.2) is 58.3 Å². The molecule has 24 heavy (non-hydrogen) atoms. The molecule has 7 heteroatoms. The van der Waals surface area contributed by atoms with Crippen molar-refractivity contribution in [1.82, 2.24) is 15.1 Å². The smallest absolute Gasteiger partial charge is 0.316 e. The van der Waals surface area contributed by atoms with Crippen molar-refractivity contribution in [2.45, 2.75) is 32.1 Å². The number of carboxylic acid groups (broad SMARTS) is 1. The standard InChI is InChI=1S/C17H24N4O3/c22-16(15(17(23)24)13-5-1-2-6-13)21-10-4-9-20(11-12-21)14-7-3-8-18-19-14/h3,7-8,13,15H,1-2,4-6,9-12H2,(H,23,24). The van der Waals surface area contributed by atoms with Crippen LogP contribution < -0.4 is 4.90 Å². The lowest BCUT2D eigenvalue weighted by atomic mass is 9.89. The lowest BCUT2D eigenvalue weighted by molar-refractivity contribution is -0.153. The molecule has 2 heterocycles. The monoisotopic (exact) mass is 332 g/mol. The zero-order valence-electron chi connectivity index (χ0n) is 13.8. The number of rotatable bonds is 4. The van der Waals surface area contributed by atoms with E-state index in [1.807, 2.05) is 12.1 Å². The maximum atomic E-state index is 12.8. The molecule has 0 spiro atoms. The molecule has 1 aliphatic carbocycles. The van der Waals surface area contributed by atoms with Crippen LogP contribution in [0.2, 0.25) is 0 Å². The van der Waals surface area contributed by atoms with Gasteiger partial charge in [-0.25, -0.2) is 0 Å². The first-order chi connectivity index (χ1) is 11.7. The van der Waals surface area contributed by atoms with Gasteiger partial charge >= 0.3 is 5.97 Å². The van der Waals surface area contributed by atoms with Gasteiger partial charge < -0.3 is 14.9 Å². The lowest BCUT2D eigenvalue weighted by Gasteiger charge is -2.27. The summed E-state index contributed by atoms with van der Waals surface area (Å²) in [6.07, 6.45) is 6.20. The number of hydrogen-bond donors (Lipinski definition) is 1. The molecule has 7 nitrogen and oxygen atoms in total. The predicted octanol–water partition coefficient (Wildman–Crippen LogP) is 1.41. The fourth-order valence-electron chi connectivity index (χ4n) is 3.83. The van der Waals surface area contributed by atoms with Crippen molar-refractivity contribution in [3.05, 3.63) is 18.3 Å². The Morgan fingerprint density at radius 1 is 1.12 bits per heavy atom. The molecular formula is C17H24N4O3. The summed E-state index contributed by atoms with van der Waals surface area (Å²) >= 11 is 0. The van der Waals surface area contributed by atoms with Gasteiger partial charge in [-0.15, -0.1) is 5.10 Å². The maximum Gasteiger partial charge on any atom is 0.316 e. The summed E-state index contributed by atoms with van der Waals surface area (Å²) < 4.78 is 0. The van der Waals surface area contributed by atoms with Crippen LogP contribution >= 0.6 is 0 Å². The number of carboxylic acids is 1. The van der Waals surface area contributed by atoms with Gasteiger partial charge in [-0.3, -0.25) is 9.59 Å². The quantitative estimate of drug-likeness (QED) is 0.839. The normalized spacial score (nSPS) is 20.7. The Kier molecular flexibility index (Phi) is 5.27. The van der Waals surface area contributed by atoms with Gasteiger partial charge in [0.1, 0.15) is 5.92 Å². The van der Waals surface area contributed by atoms with Gasteiger partial charge in [0.05, 0.1) is 0 Å². The van der Waals surface area contributed by atoms with Gasteiger partial charge in [0.15, 0.2) is 5.82 Å². The van der Waals surface area contributed by atoms with Gasteiger partial charge in [-0.05, 0) is 37.3 Å². The topological polar surface area (TPSA) is 86.6 Å². The van der Waals surface area contributed by atoms with E-state index in [2.05, 4.69) is 15.1 Å². The Labute approximate surface area is 141 Å². The number of carbonyl (C=O) groups excluding carboxylic acids is 1. The molecule has 3 rings (SSSR count). The van der Waals surface area contributed by atoms with E-state index in [1.54, 1.807) is 11.1 Å². The van der Waals surface area contributed by atoms with Crippen LogP contribution in [-0.2, 0) is 9.59 Å². The van der Waals surface area contributed by atoms with Crippen molar-refractivity contribution in [1.29, 1.82) is 0 Å². The van der Waals surface area contributed by atoms with E-state index >= 15 is 0 Å². The number of nitrogens with zero attached hydrogens (tertiary/aromatic N) is 4. The first kappa shape index (κ1) is 16.7. The van der Waals surface area contributed by atoms with Crippen LogP contribution in [0.1, 0.15) is 32.1 Å². The number of aromatic nitrogens is 2. The van der Waals surface area contributed by atoms with E-state index < -0.39 is 11.9 Å². The molecule has 1 amide bonds. The van der Waals surface area contributed by atoms with Crippen LogP contribution in [0.3, 0.4) is 0 Å². The van der Waals surface area contributed by atoms with Gasteiger partial charge in [-0.2, -0.15) is 5.10 Å². The fourth-order valence-corrected chi connectivity index (χ4v) is 3.83. The van der Waals surface area contributed by atoms with E-state index in [0.29, 0.717) is 19.6 Å². The Bertz CT molecular complexity index is 574. The molecule has 2 aliphatic rings. The molecule has 0 aromatic carbocycles. The molecule has 0 radical (unpaired) electrons.